The quantitative estimate of drug-likeness (QED) is 0.841. The summed E-state index contributed by atoms with van der Waals surface area (Å²) in [6.07, 6.45) is 2.03. The first-order valence-electron chi connectivity index (χ1n) is 7.61. The molecular weight excluding hydrogens is 272 g/mol. The lowest BCUT2D eigenvalue weighted by Crippen LogP contribution is -2.34. The molecule has 1 amide bonds. The van der Waals surface area contributed by atoms with E-state index >= 15 is 0 Å². The summed E-state index contributed by atoms with van der Waals surface area (Å²) in [6.45, 7) is 0.591. The van der Waals surface area contributed by atoms with Crippen molar-refractivity contribution in [3.8, 4) is 17.2 Å². The van der Waals surface area contributed by atoms with Crippen LogP contribution in [0.15, 0.2) is 48.5 Å². The molecule has 3 heteroatoms. The third kappa shape index (κ3) is 2.00. The molecule has 2 aliphatic rings. The fraction of sp³-hybridized carbons (Fsp3) is 0.263. The zero-order valence-electron chi connectivity index (χ0n) is 12.2. The summed E-state index contributed by atoms with van der Waals surface area (Å²) in [7, 11) is 0. The lowest BCUT2D eigenvalue weighted by molar-refractivity contribution is -0.119. The largest absolute Gasteiger partial charge is 0.307 e. The number of anilines is 1. The second kappa shape index (κ2) is 4.71. The number of nitrogens with zero attached hydrogens (tertiary/aromatic N) is 2. The molecule has 4 rings (SSSR count). The van der Waals surface area contributed by atoms with Gasteiger partial charge in [0.05, 0.1) is 23.7 Å². The Hall–Kier alpha value is -2.60. The van der Waals surface area contributed by atoms with Crippen LogP contribution in [0.25, 0.3) is 11.1 Å². The number of carbonyl (C=O) groups is 1. The van der Waals surface area contributed by atoms with Crippen LogP contribution in [0.5, 0.6) is 0 Å². The van der Waals surface area contributed by atoms with Crippen LogP contribution >= 0.6 is 0 Å². The number of fused-ring (bicyclic) bond motifs is 3. The Bertz CT molecular complexity index is 799. The molecule has 0 atom stereocenters. The highest BCUT2D eigenvalue weighted by molar-refractivity contribution is 6.00. The van der Waals surface area contributed by atoms with E-state index in [4.69, 9.17) is 0 Å². The van der Waals surface area contributed by atoms with Crippen LogP contribution in [-0.2, 0) is 11.3 Å². The van der Waals surface area contributed by atoms with Crippen molar-refractivity contribution in [2.24, 2.45) is 5.41 Å². The SMILES string of the molecule is N#CC1(CC(=O)N2Cc3ccccc3-c3ccccc32)CC1. The van der Waals surface area contributed by atoms with Crippen molar-refractivity contribution in [3.05, 3.63) is 54.1 Å². The van der Waals surface area contributed by atoms with Crippen LogP contribution in [-0.4, -0.2) is 5.91 Å². The van der Waals surface area contributed by atoms with Gasteiger partial charge in [-0.15, -0.1) is 0 Å². The average Bonchev–Trinajstić information content (AvgIpc) is 3.34. The first-order valence-corrected chi connectivity index (χ1v) is 7.61. The van der Waals surface area contributed by atoms with Crippen molar-refractivity contribution in [3.63, 3.8) is 0 Å². The fourth-order valence-electron chi connectivity index (χ4n) is 3.20. The fourth-order valence-corrected chi connectivity index (χ4v) is 3.20. The molecule has 0 aromatic heterocycles. The summed E-state index contributed by atoms with van der Waals surface area (Å²) in [6, 6.07) is 18.6. The third-order valence-corrected chi connectivity index (χ3v) is 4.71. The first kappa shape index (κ1) is 13.1. The monoisotopic (exact) mass is 288 g/mol. The van der Waals surface area contributed by atoms with Crippen molar-refractivity contribution in [2.45, 2.75) is 25.8 Å². The van der Waals surface area contributed by atoms with Crippen molar-refractivity contribution in [1.29, 1.82) is 5.26 Å². The van der Waals surface area contributed by atoms with Gasteiger partial charge in [0, 0.05) is 12.0 Å². The number of benzene rings is 2. The van der Waals surface area contributed by atoms with Crippen molar-refractivity contribution in [2.75, 3.05) is 4.90 Å². The van der Waals surface area contributed by atoms with E-state index < -0.39 is 5.41 Å². The summed E-state index contributed by atoms with van der Waals surface area (Å²) in [4.78, 5) is 14.6. The predicted octanol–water partition coefficient (Wildman–Crippen LogP) is 3.89. The minimum absolute atomic E-state index is 0.0565. The number of nitriles is 1. The van der Waals surface area contributed by atoms with E-state index in [0.717, 1.165) is 29.7 Å². The second-order valence-electron chi connectivity index (χ2n) is 6.22. The Labute approximate surface area is 129 Å². The van der Waals surface area contributed by atoms with Gasteiger partial charge in [-0.25, -0.2) is 0 Å². The standard InChI is InChI=1S/C19H16N2O/c20-13-19(9-10-19)11-18(22)21-12-14-5-1-2-6-15(14)16-7-3-4-8-17(16)21/h1-8H,9-12H2. The van der Waals surface area contributed by atoms with Crippen LogP contribution in [0.3, 0.4) is 0 Å². The Morgan fingerprint density at radius 1 is 1.09 bits per heavy atom. The Morgan fingerprint density at radius 2 is 1.77 bits per heavy atom. The van der Waals surface area contributed by atoms with Gasteiger partial charge in [-0.3, -0.25) is 4.79 Å². The van der Waals surface area contributed by atoms with Gasteiger partial charge in [-0.1, -0.05) is 42.5 Å². The molecule has 1 aliphatic heterocycles. The van der Waals surface area contributed by atoms with Crippen LogP contribution < -0.4 is 4.90 Å². The summed E-state index contributed by atoms with van der Waals surface area (Å²) in [5.74, 6) is 0.0565. The minimum Gasteiger partial charge on any atom is -0.307 e. The van der Waals surface area contributed by atoms with E-state index in [-0.39, 0.29) is 5.91 Å². The van der Waals surface area contributed by atoms with Gasteiger partial charge < -0.3 is 4.90 Å². The topological polar surface area (TPSA) is 44.1 Å². The normalized spacial score (nSPS) is 17.1. The van der Waals surface area contributed by atoms with Crippen LogP contribution in [0.4, 0.5) is 5.69 Å². The Morgan fingerprint density at radius 3 is 2.50 bits per heavy atom. The van der Waals surface area contributed by atoms with Crippen molar-refractivity contribution in [1.82, 2.24) is 0 Å². The molecule has 0 unspecified atom stereocenters. The molecule has 2 aromatic rings. The number of hydrogen-bond donors (Lipinski definition) is 0. The van der Waals surface area contributed by atoms with Gasteiger partial charge in [-0.2, -0.15) is 5.26 Å². The molecular formula is C19H16N2O. The zero-order valence-corrected chi connectivity index (χ0v) is 12.2. The maximum Gasteiger partial charge on any atom is 0.228 e. The molecule has 1 saturated carbocycles. The van der Waals surface area contributed by atoms with E-state index in [1.54, 1.807) is 0 Å². The minimum atomic E-state index is -0.400. The van der Waals surface area contributed by atoms with E-state index in [1.807, 2.05) is 35.2 Å². The molecule has 0 bridgehead atoms. The molecule has 0 N–H and O–H groups in total. The van der Waals surface area contributed by atoms with Crippen molar-refractivity contribution < 1.29 is 4.79 Å². The summed E-state index contributed by atoms with van der Waals surface area (Å²) < 4.78 is 0. The van der Waals surface area contributed by atoms with Gasteiger partial charge in [-0.05, 0) is 30.0 Å². The average molecular weight is 288 g/mol. The second-order valence-corrected chi connectivity index (χ2v) is 6.22. The number of amides is 1. The van der Waals surface area contributed by atoms with Crippen LogP contribution in [0.2, 0.25) is 0 Å². The third-order valence-electron chi connectivity index (χ3n) is 4.71. The Kier molecular flexibility index (Phi) is 2.80. The highest BCUT2D eigenvalue weighted by atomic mass is 16.2. The zero-order chi connectivity index (χ0) is 15.2. The van der Waals surface area contributed by atoms with Gasteiger partial charge >= 0.3 is 0 Å². The Balaban J connectivity index is 1.73. The van der Waals surface area contributed by atoms with E-state index in [0.29, 0.717) is 13.0 Å². The highest BCUT2D eigenvalue weighted by Gasteiger charge is 2.46. The summed E-state index contributed by atoms with van der Waals surface area (Å²) in [5, 5.41) is 9.24. The molecule has 1 aliphatic carbocycles. The van der Waals surface area contributed by atoms with Gasteiger partial charge in [0.2, 0.25) is 5.91 Å². The van der Waals surface area contributed by atoms with Crippen LogP contribution in [0.1, 0.15) is 24.8 Å². The van der Waals surface area contributed by atoms with Gasteiger partial charge in [0.1, 0.15) is 0 Å². The first-order chi connectivity index (χ1) is 10.7. The molecule has 1 heterocycles. The number of para-hydroxylation sites is 1. The number of hydrogen-bond acceptors (Lipinski definition) is 2. The number of rotatable bonds is 2. The molecule has 3 nitrogen and oxygen atoms in total. The molecule has 0 radical (unpaired) electrons. The molecule has 22 heavy (non-hydrogen) atoms. The molecule has 0 spiro atoms. The van der Waals surface area contributed by atoms with E-state index in [2.05, 4.69) is 24.3 Å². The lowest BCUT2D eigenvalue weighted by Gasteiger charge is -2.31. The maximum atomic E-state index is 12.8. The highest BCUT2D eigenvalue weighted by Crippen LogP contribution is 2.49. The molecule has 0 saturated heterocycles. The maximum absolute atomic E-state index is 12.8. The van der Waals surface area contributed by atoms with Gasteiger partial charge in [0.25, 0.3) is 0 Å². The molecule has 2 aromatic carbocycles. The summed E-state index contributed by atoms with van der Waals surface area (Å²) in [5.41, 5.74) is 4.02. The van der Waals surface area contributed by atoms with Crippen molar-refractivity contribution >= 4 is 11.6 Å². The van der Waals surface area contributed by atoms with E-state index in [1.165, 1.54) is 5.56 Å². The van der Waals surface area contributed by atoms with E-state index in [9.17, 15) is 10.1 Å². The molecule has 1 fully saturated rings. The predicted molar refractivity (Wildman–Crippen MR) is 85.0 cm³/mol. The molecule has 108 valence electrons. The lowest BCUT2D eigenvalue weighted by atomic mass is 9.92. The van der Waals surface area contributed by atoms with Gasteiger partial charge in [0.15, 0.2) is 0 Å². The smallest absolute Gasteiger partial charge is 0.228 e. The summed E-state index contributed by atoms with van der Waals surface area (Å²) >= 11 is 0. The van der Waals surface area contributed by atoms with Crippen LogP contribution in [0, 0.1) is 16.7 Å². The number of carbonyl (C=O) groups excluding carboxylic acids is 1.